The molecule has 2 heterocycles. The molecule has 0 aliphatic carbocycles. The third-order valence-corrected chi connectivity index (χ3v) is 9.34. The van der Waals surface area contributed by atoms with Crippen molar-refractivity contribution in [3.63, 3.8) is 0 Å². The molecular weight excluding hydrogens is 438 g/mol. The molecule has 1 aromatic carbocycles. The van der Waals surface area contributed by atoms with Crippen LogP contribution in [0.4, 0.5) is 5.69 Å². The number of unbranched alkanes of at least 4 members (excludes halogenated alkanes) is 1. The number of anilines is 1. The van der Waals surface area contributed by atoms with E-state index in [1.165, 1.54) is 7.11 Å². The quantitative estimate of drug-likeness (QED) is 0.345. The lowest BCUT2D eigenvalue weighted by Crippen LogP contribution is -2.46. The van der Waals surface area contributed by atoms with E-state index in [0.29, 0.717) is 42.8 Å². The average Bonchev–Trinajstić information content (AvgIpc) is 3.12. The van der Waals surface area contributed by atoms with Crippen molar-refractivity contribution < 1.29 is 29.0 Å². The standard InChI is InChI=1S/C22H32ClNO6Si/c1-14-20(31(3,4)28)18(10-12-25)30-22(14)16-13-15(23)8-9-17(16)24(21(22)27)11-6-5-7-19(26)29-2/h8-9,13-14,18,20,25,28H,5-7,10-12H2,1-4H3/t14-,18+,20-,22+/m1/s1. The fourth-order valence-corrected chi connectivity index (χ4v) is 8.09. The van der Waals surface area contributed by atoms with Crippen molar-refractivity contribution in [2.45, 2.75) is 62.9 Å². The van der Waals surface area contributed by atoms with Gasteiger partial charge in [0.05, 0.1) is 18.9 Å². The molecule has 1 amide bonds. The van der Waals surface area contributed by atoms with E-state index in [1.807, 2.05) is 26.1 Å². The number of hydrogen-bond acceptors (Lipinski definition) is 6. The van der Waals surface area contributed by atoms with E-state index in [0.717, 1.165) is 5.69 Å². The van der Waals surface area contributed by atoms with Crippen molar-refractivity contribution >= 4 is 37.5 Å². The number of halogens is 1. The smallest absolute Gasteiger partial charge is 0.305 e. The molecule has 7 nitrogen and oxygen atoms in total. The number of hydrogen-bond donors (Lipinski definition) is 2. The van der Waals surface area contributed by atoms with Crippen molar-refractivity contribution in [2.24, 2.45) is 5.92 Å². The highest BCUT2D eigenvalue weighted by Crippen LogP contribution is 2.59. The Bertz CT molecular complexity index is 844. The van der Waals surface area contributed by atoms with Gasteiger partial charge in [0.1, 0.15) is 0 Å². The van der Waals surface area contributed by atoms with Gasteiger partial charge in [-0.2, -0.15) is 0 Å². The van der Waals surface area contributed by atoms with Gasteiger partial charge < -0.3 is 24.3 Å². The Balaban J connectivity index is 1.96. The van der Waals surface area contributed by atoms with Crippen LogP contribution in [-0.2, 0) is 24.7 Å². The summed E-state index contributed by atoms with van der Waals surface area (Å²) in [5.41, 5.74) is 0.0177. The second-order valence-corrected chi connectivity index (χ2v) is 13.4. The molecule has 3 rings (SSSR count). The normalized spacial score (nSPS) is 27.8. The van der Waals surface area contributed by atoms with Crippen molar-refractivity contribution in [3.05, 3.63) is 28.8 Å². The second-order valence-electron chi connectivity index (χ2n) is 9.02. The largest absolute Gasteiger partial charge is 0.469 e. The lowest BCUT2D eigenvalue weighted by molar-refractivity contribution is -0.146. The van der Waals surface area contributed by atoms with Crippen LogP contribution in [0.1, 0.15) is 38.2 Å². The zero-order valence-corrected chi connectivity index (χ0v) is 20.3. The molecule has 2 aliphatic heterocycles. The molecule has 1 fully saturated rings. The minimum Gasteiger partial charge on any atom is -0.469 e. The van der Waals surface area contributed by atoms with Gasteiger partial charge in [-0.15, -0.1) is 0 Å². The molecule has 2 N–H and O–H groups in total. The van der Waals surface area contributed by atoms with E-state index in [2.05, 4.69) is 4.74 Å². The van der Waals surface area contributed by atoms with Gasteiger partial charge in [-0.3, -0.25) is 9.59 Å². The maximum absolute atomic E-state index is 13.9. The van der Waals surface area contributed by atoms with Gasteiger partial charge in [0.25, 0.3) is 5.91 Å². The maximum Gasteiger partial charge on any atom is 0.305 e. The van der Waals surface area contributed by atoms with Crippen LogP contribution in [0, 0.1) is 5.92 Å². The van der Waals surface area contributed by atoms with E-state index in [1.54, 1.807) is 17.0 Å². The summed E-state index contributed by atoms with van der Waals surface area (Å²) in [4.78, 5) is 38.0. The van der Waals surface area contributed by atoms with Crippen LogP contribution in [-0.4, -0.2) is 56.5 Å². The molecule has 0 saturated carbocycles. The molecule has 1 aromatic rings. The molecule has 1 saturated heterocycles. The summed E-state index contributed by atoms with van der Waals surface area (Å²) in [5.74, 6) is -0.714. The third kappa shape index (κ3) is 4.28. The summed E-state index contributed by atoms with van der Waals surface area (Å²) in [5, 5.41) is 10.1. The first-order chi connectivity index (χ1) is 14.6. The molecule has 9 heteroatoms. The van der Waals surface area contributed by atoms with E-state index in [9.17, 15) is 19.5 Å². The van der Waals surface area contributed by atoms with Gasteiger partial charge in [-0.1, -0.05) is 18.5 Å². The SMILES string of the molecule is COC(=O)CCCCN1C(=O)[C@@]2(O[C@@H](CCO)[C@H]([Si](C)(C)O)[C@H]2C)c2cc(Cl)ccc21. The molecule has 0 bridgehead atoms. The van der Waals surface area contributed by atoms with E-state index >= 15 is 0 Å². The van der Waals surface area contributed by atoms with Gasteiger partial charge in [0.2, 0.25) is 0 Å². The monoisotopic (exact) mass is 469 g/mol. The number of carbonyl (C=O) groups excluding carboxylic acids is 2. The lowest BCUT2D eigenvalue weighted by atomic mass is 9.82. The van der Waals surface area contributed by atoms with E-state index < -0.39 is 20.0 Å². The highest BCUT2D eigenvalue weighted by Gasteiger charge is 2.66. The Kier molecular flexibility index (Phi) is 7.17. The van der Waals surface area contributed by atoms with Gasteiger partial charge >= 0.3 is 5.97 Å². The second kappa shape index (κ2) is 9.19. The molecule has 0 unspecified atom stereocenters. The van der Waals surface area contributed by atoms with Crippen LogP contribution in [0.3, 0.4) is 0 Å². The first-order valence-electron chi connectivity index (χ1n) is 10.8. The average molecular weight is 470 g/mol. The highest BCUT2D eigenvalue weighted by atomic mass is 35.5. The van der Waals surface area contributed by atoms with E-state index in [-0.39, 0.29) is 29.9 Å². The van der Waals surface area contributed by atoms with E-state index in [4.69, 9.17) is 16.3 Å². The molecule has 31 heavy (non-hydrogen) atoms. The highest BCUT2D eigenvalue weighted by molar-refractivity contribution is 6.71. The summed E-state index contributed by atoms with van der Waals surface area (Å²) in [6.07, 6.45) is 1.49. The summed E-state index contributed by atoms with van der Waals surface area (Å²) < 4.78 is 11.2. The Hall–Kier alpha value is -1.45. The number of methoxy groups -OCH3 is 1. The van der Waals surface area contributed by atoms with Crippen LogP contribution in [0.15, 0.2) is 18.2 Å². The first kappa shape index (κ1) is 24.2. The number of benzene rings is 1. The number of aliphatic hydroxyl groups is 1. The van der Waals surface area contributed by atoms with Crippen molar-refractivity contribution in [1.29, 1.82) is 0 Å². The maximum atomic E-state index is 13.9. The summed E-state index contributed by atoms with van der Waals surface area (Å²) in [7, 11) is -1.35. The molecule has 4 atom stereocenters. The third-order valence-electron chi connectivity index (χ3n) is 6.60. The Morgan fingerprint density at radius 2 is 2.06 bits per heavy atom. The van der Waals surface area contributed by atoms with Gasteiger partial charge in [0, 0.05) is 41.6 Å². The Morgan fingerprint density at radius 1 is 1.35 bits per heavy atom. The van der Waals surface area contributed by atoms with Crippen LogP contribution in [0.2, 0.25) is 23.7 Å². The van der Waals surface area contributed by atoms with Crippen LogP contribution < -0.4 is 4.90 Å². The summed E-state index contributed by atoms with van der Waals surface area (Å²) in [6, 6.07) is 5.36. The zero-order valence-electron chi connectivity index (χ0n) is 18.6. The number of fused-ring (bicyclic) bond motifs is 2. The number of esters is 1. The molecular formula is C22H32ClNO6Si. The molecule has 1 spiro atoms. The topological polar surface area (TPSA) is 96.3 Å². The molecule has 0 aromatic heterocycles. The minimum absolute atomic E-state index is 0.0811. The summed E-state index contributed by atoms with van der Waals surface area (Å²) in [6.45, 7) is 6.02. The lowest BCUT2D eigenvalue weighted by Gasteiger charge is -2.32. The molecule has 0 radical (unpaired) electrons. The summed E-state index contributed by atoms with van der Waals surface area (Å²) >= 11 is 6.31. The minimum atomic E-state index is -2.71. The molecule has 2 aliphatic rings. The predicted octanol–water partition coefficient (Wildman–Crippen LogP) is 3.21. The van der Waals surface area contributed by atoms with Gasteiger partial charge in [-0.05, 0) is 50.6 Å². The zero-order chi connectivity index (χ0) is 23.0. The Morgan fingerprint density at radius 3 is 2.68 bits per heavy atom. The number of carbonyl (C=O) groups is 2. The number of rotatable bonds is 8. The van der Waals surface area contributed by atoms with Gasteiger partial charge in [-0.25, -0.2) is 0 Å². The number of amides is 1. The fraction of sp³-hybridized carbons (Fsp3) is 0.636. The number of nitrogens with zero attached hydrogens (tertiary/aromatic N) is 1. The van der Waals surface area contributed by atoms with Gasteiger partial charge in [0.15, 0.2) is 13.9 Å². The van der Waals surface area contributed by atoms with Crippen molar-refractivity contribution in [1.82, 2.24) is 0 Å². The Labute approximate surface area is 189 Å². The predicted molar refractivity (Wildman–Crippen MR) is 121 cm³/mol. The molecule has 172 valence electrons. The van der Waals surface area contributed by atoms with Crippen LogP contribution >= 0.6 is 11.6 Å². The van der Waals surface area contributed by atoms with Crippen LogP contribution in [0.25, 0.3) is 0 Å². The van der Waals surface area contributed by atoms with Crippen molar-refractivity contribution in [2.75, 3.05) is 25.2 Å². The number of ether oxygens (including phenoxy) is 2. The van der Waals surface area contributed by atoms with Crippen molar-refractivity contribution in [3.8, 4) is 0 Å². The first-order valence-corrected chi connectivity index (χ1v) is 14.2. The fourth-order valence-electron chi connectivity index (χ4n) is 5.31. The van der Waals surface area contributed by atoms with Crippen LogP contribution in [0.5, 0.6) is 0 Å². The number of aliphatic hydroxyl groups excluding tert-OH is 1.